The summed E-state index contributed by atoms with van der Waals surface area (Å²) in [6.45, 7) is 11.8. The number of rotatable bonds is 4. The Morgan fingerprint density at radius 3 is 1.77 bits per heavy atom. The molecule has 0 aliphatic carbocycles. The number of hydrogen-bond acceptors (Lipinski definition) is 3. The highest BCUT2D eigenvalue weighted by molar-refractivity contribution is 6.71. The van der Waals surface area contributed by atoms with Gasteiger partial charge in [0.2, 0.25) is 14.2 Å². The molecule has 1 rings (SSSR count). The molecule has 22 heavy (non-hydrogen) atoms. The van der Waals surface area contributed by atoms with Crippen LogP contribution < -0.4 is 0 Å². The first-order valence-electron chi connectivity index (χ1n) is 6.91. The van der Waals surface area contributed by atoms with Crippen molar-refractivity contribution in [2.45, 2.75) is 45.5 Å². The van der Waals surface area contributed by atoms with Gasteiger partial charge in [0, 0.05) is 5.56 Å². The second-order valence-corrected chi connectivity index (χ2v) is 15.7. The predicted molar refractivity (Wildman–Crippen MR) is 86.8 cm³/mol. The van der Waals surface area contributed by atoms with Crippen LogP contribution in [0, 0.1) is 0 Å². The third-order valence-electron chi connectivity index (χ3n) is 2.26. The molecule has 3 nitrogen and oxygen atoms in total. The summed E-state index contributed by atoms with van der Waals surface area (Å²) in [5.41, 5.74) is -0.219. The van der Waals surface area contributed by atoms with Crippen LogP contribution in [0.1, 0.15) is 11.1 Å². The molecule has 0 atom stereocenters. The van der Waals surface area contributed by atoms with Crippen LogP contribution in [0.25, 0.3) is 0 Å². The minimum atomic E-state index is -4.36. The molecule has 0 fully saturated rings. The third-order valence-corrected chi connectivity index (χ3v) is 3.71. The maximum absolute atomic E-state index is 12.6. The van der Waals surface area contributed by atoms with Crippen LogP contribution in [-0.2, 0) is 15.1 Å². The van der Waals surface area contributed by atoms with E-state index >= 15 is 0 Å². The van der Waals surface area contributed by atoms with E-state index in [1.165, 1.54) is 12.1 Å². The van der Waals surface area contributed by atoms with Gasteiger partial charge in [0.25, 0.3) is 8.32 Å². The van der Waals surface area contributed by atoms with Gasteiger partial charge in [0.05, 0.1) is 5.56 Å². The Morgan fingerprint density at radius 2 is 1.41 bits per heavy atom. The number of halogens is 3. The van der Waals surface area contributed by atoms with Crippen molar-refractivity contribution in [3.63, 3.8) is 0 Å². The lowest BCUT2D eigenvalue weighted by atomic mass is 10.1. The normalized spacial score (nSPS) is 14.0. The molecule has 0 bridgehead atoms. The van der Waals surface area contributed by atoms with Gasteiger partial charge in [0.1, 0.15) is 0 Å². The van der Waals surface area contributed by atoms with E-state index in [-0.39, 0.29) is 5.90 Å². The van der Waals surface area contributed by atoms with E-state index in [9.17, 15) is 13.2 Å². The number of hydrogen-bond donors (Lipinski definition) is 0. The van der Waals surface area contributed by atoms with E-state index in [2.05, 4.69) is 5.16 Å². The molecule has 0 radical (unpaired) electrons. The zero-order chi connectivity index (χ0) is 17.2. The predicted octanol–water partition coefficient (Wildman–Crippen LogP) is 5.07. The molecule has 0 amide bonds. The molecule has 0 saturated heterocycles. The Bertz CT molecular complexity index is 529. The minimum Gasteiger partial charge on any atom is -0.529 e. The van der Waals surface area contributed by atoms with E-state index in [0.717, 1.165) is 12.1 Å². The lowest BCUT2D eigenvalue weighted by Gasteiger charge is -2.22. The molecular formula is C14H22F3NO2Si2. The molecule has 0 unspecified atom stereocenters. The first kappa shape index (κ1) is 18.8. The van der Waals surface area contributed by atoms with Gasteiger partial charge in [-0.1, -0.05) is 5.16 Å². The largest absolute Gasteiger partial charge is 0.529 e. The molecule has 0 heterocycles. The van der Waals surface area contributed by atoms with Crippen LogP contribution in [0.3, 0.4) is 0 Å². The van der Waals surface area contributed by atoms with Crippen LogP contribution >= 0.6 is 0 Å². The maximum atomic E-state index is 12.6. The van der Waals surface area contributed by atoms with Crippen molar-refractivity contribution in [1.82, 2.24) is 0 Å². The summed E-state index contributed by atoms with van der Waals surface area (Å²) < 4.78 is 49.2. The van der Waals surface area contributed by atoms with E-state index in [1.54, 1.807) is 0 Å². The maximum Gasteiger partial charge on any atom is 0.416 e. The van der Waals surface area contributed by atoms with Gasteiger partial charge in [-0.25, -0.2) is 0 Å². The zero-order valence-electron chi connectivity index (χ0n) is 13.7. The SMILES string of the molecule is C[Si](C)(C)O/N=C(\O[Si](C)(C)C)c1ccc(C(F)(F)F)cc1. The van der Waals surface area contributed by atoms with Crippen molar-refractivity contribution >= 4 is 22.5 Å². The van der Waals surface area contributed by atoms with Crippen LogP contribution in [0.4, 0.5) is 13.2 Å². The highest BCUT2D eigenvalue weighted by Gasteiger charge is 2.30. The average molecular weight is 350 g/mol. The average Bonchev–Trinajstić information content (AvgIpc) is 2.31. The summed E-state index contributed by atoms with van der Waals surface area (Å²) >= 11 is 0. The summed E-state index contributed by atoms with van der Waals surface area (Å²) in [5, 5.41) is 4.05. The fourth-order valence-electron chi connectivity index (χ4n) is 1.40. The highest BCUT2D eigenvalue weighted by atomic mass is 28.4. The number of oxime groups is 1. The second-order valence-electron chi connectivity index (χ2n) is 6.89. The summed E-state index contributed by atoms with van der Waals surface area (Å²) in [4.78, 5) is 0. The zero-order valence-corrected chi connectivity index (χ0v) is 15.7. The molecule has 0 saturated carbocycles. The summed E-state index contributed by atoms with van der Waals surface area (Å²) in [6, 6.07) is 4.75. The molecule has 0 aromatic heterocycles. The van der Waals surface area contributed by atoms with E-state index < -0.39 is 28.4 Å². The molecule has 8 heteroatoms. The highest BCUT2D eigenvalue weighted by Crippen LogP contribution is 2.29. The standard InChI is InChI=1S/C14H22F3NO2Si2/c1-21(2,3)19-13(18-20-22(4,5)6)11-7-9-12(10-8-11)14(15,16)17/h7-10H,1-6H3/b18-13-. The topological polar surface area (TPSA) is 30.8 Å². The van der Waals surface area contributed by atoms with E-state index in [4.69, 9.17) is 8.95 Å². The third kappa shape index (κ3) is 6.65. The summed E-state index contributed by atoms with van der Waals surface area (Å²) in [7, 11) is -3.87. The molecular weight excluding hydrogens is 327 g/mol. The van der Waals surface area contributed by atoms with Gasteiger partial charge in [-0.2, -0.15) is 13.2 Å². The molecule has 0 N–H and O–H groups in total. The second kappa shape index (κ2) is 6.45. The lowest BCUT2D eigenvalue weighted by molar-refractivity contribution is -0.137. The minimum absolute atomic E-state index is 0.246. The quantitative estimate of drug-likeness (QED) is 0.329. The fourth-order valence-corrected chi connectivity index (χ4v) is 2.49. The molecule has 124 valence electrons. The first-order valence-corrected chi connectivity index (χ1v) is 13.7. The van der Waals surface area contributed by atoms with Crippen molar-refractivity contribution in [3.8, 4) is 0 Å². The van der Waals surface area contributed by atoms with Gasteiger partial charge in [-0.05, 0) is 63.5 Å². The lowest BCUT2D eigenvalue weighted by Crippen LogP contribution is -2.31. The van der Waals surface area contributed by atoms with Gasteiger partial charge < -0.3 is 8.95 Å². The van der Waals surface area contributed by atoms with E-state index in [0.29, 0.717) is 5.56 Å². The van der Waals surface area contributed by atoms with Crippen LogP contribution in [-0.4, -0.2) is 22.5 Å². The summed E-state index contributed by atoms with van der Waals surface area (Å²) in [5.74, 6) is 0.246. The number of nitrogens with zero attached hydrogens (tertiary/aromatic N) is 1. The Labute approximate surface area is 131 Å². The van der Waals surface area contributed by atoms with Crippen LogP contribution in [0.5, 0.6) is 0 Å². The van der Waals surface area contributed by atoms with Crippen LogP contribution in [0.15, 0.2) is 29.4 Å². The Kier molecular flexibility index (Phi) is 5.50. The van der Waals surface area contributed by atoms with Crippen molar-refractivity contribution in [1.29, 1.82) is 0 Å². The molecule has 0 spiro atoms. The number of benzene rings is 1. The van der Waals surface area contributed by atoms with Crippen molar-refractivity contribution in [3.05, 3.63) is 35.4 Å². The van der Waals surface area contributed by atoms with Crippen LogP contribution in [0.2, 0.25) is 39.3 Å². The monoisotopic (exact) mass is 349 g/mol. The van der Waals surface area contributed by atoms with Crippen molar-refractivity contribution in [2.75, 3.05) is 0 Å². The summed E-state index contributed by atoms with van der Waals surface area (Å²) in [6.07, 6.45) is -4.36. The Morgan fingerprint density at radius 1 is 0.909 bits per heavy atom. The molecule has 0 aliphatic rings. The van der Waals surface area contributed by atoms with Gasteiger partial charge >= 0.3 is 6.18 Å². The van der Waals surface area contributed by atoms with E-state index in [1.807, 2.05) is 39.3 Å². The van der Waals surface area contributed by atoms with Gasteiger partial charge in [0.15, 0.2) is 0 Å². The fraction of sp³-hybridized carbons (Fsp3) is 0.500. The molecule has 1 aromatic carbocycles. The van der Waals surface area contributed by atoms with Gasteiger partial charge in [-0.3, -0.25) is 0 Å². The number of alkyl halides is 3. The van der Waals surface area contributed by atoms with Crippen molar-refractivity contribution in [2.24, 2.45) is 5.16 Å². The first-order chi connectivity index (χ1) is 9.78. The smallest absolute Gasteiger partial charge is 0.416 e. The molecule has 0 aliphatic heterocycles. The Hall–Kier alpha value is -1.29. The van der Waals surface area contributed by atoms with Crippen molar-refractivity contribution < 1.29 is 22.1 Å². The molecule has 1 aromatic rings. The van der Waals surface area contributed by atoms with Gasteiger partial charge in [-0.15, -0.1) is 0 Å². The Balaban J connectivity index is 3.11.